The van der Waals surface area contributed by atoms with E-state index in [2.05, 4.69) is 109 Å². The van der Waals surface area contributed by atoms with E-state index in [4.69, 9.17) is 0 Å². The lowest BCUT2D eigenvalue weighted by Gasteiger charge is -2.10. The molecule has 0 nitrogen and oxygen atoms in total. The van der Waals surface area contributed by atoms with Gasteiger partial charge in [0, 0.05) is 0 Å². The second-order valence-electron chi connectivity index (χ2n) is 13.4. The van der Waals surface area contributed by atoms with Crippen molar-refractivity contribution in [3.63, 3.8) is 0 Å². The molecular formula is C44H18. The molecule has 0 heterocycles. The van der Waals surface area contributed by atoms with Crippen molar-refractivity contribution in [1.29, 1.82) is 0 Å². The molecule has 0 unspecified atom stereocenters. The average molecular weight is 547 g/mol. The minimum Gasteiger partial charge on any atom is -0.0616 e. The van der Waals surface area contributed by atoms with Gasteiger partial charge in [0.25, 0.3) is 0 Å². The summed E-state index contributed by atoms with van der Waals surface area (Å²) < 4.78 is 0. The topological polar surface area (TPSA) is 0 Å². The van der Waals surface area contributed by atoms with Crippen molar-refractivity contribution in [2.45, 2.75) is 0 Å². The minimum absolute atomic E-state index is 1.38. The molecule has 0 bridgehead atoms. The molecule has 0 aromatic heterocycles. The van der Waals surface area contributed by atoms with Crippen LogP contribution in [0.25, 0.3) is 140 Å². The summed E-state index contributed by atoms with van der Waals surface area (Å²) in [7, 11) is 0. The second-order valence-corrected chi connectivity index (χ2v) is 13.4. The fraction of sp³-hybridized carbons (Fsp3) is 0. The first-order valence-corrected chi connectivity index (χ1v) is 15.7. The second kappa shape index (κ2) is 6.02. The molecule has 14 aromatic rings. The third-order valence-corrected chi connectivity index (χ3v) is 11.8. The Bertz CT molecular complexity index is 3290. The van der Waals surface area contributed by atoms with Crippen LogP contribution >= 0.6 is 0 Å². The highest BCUT2D eigenvalue weighted by Gasteiger charge is 2.34. The number of rotatable bonds is 0. The van der Waals surface area contributed by atoms with Crippen molar-refractivity contribution >= 4 is 140 Å². The highest BCUT2D eigenvalue weighted by molar-refractivity contribution is 6.66. The summed E-state index contributed by atoms with van der Waals surface area (Å²) in [6, 6.07) is 41.9. The zero-order chi connectivity index (χ0) is 27.7. The van der Waals surface area contributed by atoms with Gasteiger partial charge in [-0.15, -0.1) is 0 Å². The van der Waals surface area contributed by atoms with E-state index in [0.717, 1.165) is 0 Å². The Kier molecular flexibility index (Phi) is 2.77. The highest BCUT2D eigenvalue weighted by Crippen LogP contribution is 2.63. The summed E-state index contributed by atoms with van der Waals surface area (Å²) in [5.41, 5.74) is 0. The van der Waals surface area contributed by atoms with Crippen molar-refractivity contribution in [1.82, 2.24) is 0 Å². The van der Waals surface area contributed by atoms with Gasteiger partial charge in [0.05, 0.1) is 0 Å². The van der Waals surface area contributed by atoms with Crippen LogP contribution < -0.4 is 0 Å². The molecule has 0 heteroatoms. The van der Waals surface area contributed by atoms with Crippen molar-refractivity contribution in [2.24, 2.45) is 0 Å². The lowest BCUT2D eigenvalue weighted by Crippen LogP contribution is -1.81. The lowest BCUT2D eigenvalue weighted by atomic mass is 9.91. The molecule has 0 fully saturated rings. The molecular weight excluding hydrogens is 528 g/mol. The van der Waals surface area contributed by atoms with E-state index >= 15 is 0 Å². The summed E-state index contributed by atoms with van der Waals surface area (Å²) in [6.45, 7) is 0. The van der Waals surface area contributed by atoms with E-state index in [0.29, 0.717) is 0 Å². The molecule has 0 spiro atoms. The minimum atomic E-state index is 1.38. The maximum Gasteiger partial charge on any atom is -0.00000188 e. The fourth-order valence-corrected chi connectivity index (χ4v) is 10.6. The molecule has 14 rings (SSSR count). The normalized spacial score (nSPS) is 13.9. The maximum atomic E-state index is 2.53. The Balaban J connectivity index is 1.56. The summed E-state index contributed by atoms with van der Waals surface area (Å²) in [6.07, 6.45) is 0. The third-order valence-electron chi connectivity index (χ3n) is 11.8. The Morgan fingerprint density at radius 2 is 0.409 bits per heavy atom. The molecule has 0 radical (unpaired) electrons. The van der Waals surface area contributed by atoms with Gasteiger partial charge in [0.2, 0.25) is 0 Å². The van der Waals surface area contributed by atoms with Crippen LogP contribution in [0.2, 0.25) is 0 Å². The summed E-state index contributed by atoms with van der Waals surface area (Å²) in [5.74, 6) is 0. The van der Waals surface area contributed by atoms with Gasteiger partial charge >= 0.3 is 0 Å². The van der Waals surface area contributed by atoms with Crippen LogP contribution in [0.5, 0.6) is 0 Å². The highest BCUT2D eigenvalue weighted by atomic mass is 14.4. The SMILES string of the molecule is c1ccc2c(c1)c1cc3cc4c5ccccc5c5c4c4c3c3c1c2c1c2ccccc2c2c6c7ccccc7c5c6c4c3c12. The van der Waals surface area contributed by atoms with E-state index in [1.807, 2.05) is 0 Å². The molecule has 0 saturated heterocycles. The van der Waals surface area contributed by atoms with Crippen LogP contribution in [0.1, 0.15) is 0 Å². The van der Waals surface area contributed by atoms with E-state index in [-0.39, 0.29) is 0 Å². The van der Waals surface area contributed by atoms with Crippen LogP contribution in [-0.2, 0) is 0 Å². The molecule has 0 saturated carbocycles. The van der Waals surface area contributed by atoms with Crippen LogP contribution in [0.4, 0.5) is 0 Å². The van der Waals surface area contributed by atoms with Gasteiger partial charge in [0.1, 0.15) is 0 Å². The molecule has 14 aromatic carbocycles. The predicted molar refractivity (Wildman–Crippen MR) is 192 cm³/mol. The van der Waals surface area contributed by atoms with Gasteiger partial charge in [-0.05, 0) is 152 Å². The predicted octanol–water partition coefficient (Wildman–Crippen LogP) is 12.7. The standard InChI is InChI=1S/C44H18/c1-3-11-22-20(9-1)28-17-19-18-29-21-10-2-4-12-23(21)32-34-25-14-6-8-16-27(25)36-35-26-15-7-5-13-24(26)33-31(22)37(28)39-30(19)40(38(29)32)44(42(34)36)43(39)41(33)35/h1-18H. The summed E-state index contributed by atoms with van der Waals surface area (Å²) in [4.78, 5) is 0. The molecule has 194 valence electrons. The van der Waals surface area contributed by atoms with Crippen molar-refractivity contribution < 1.29 is 0 Å². The molecule has 0 amide bonds. The van der Waals surface area contributed by atoms with E-state index in [9.17, 15) is 0 Å². The van der Waals surface area contributed by atoms with Crippen molar-refractivity contribution in [2.75, 3.05) is 0 Å². The largest absolute Gasteiger partial charge is 0.0616 e. The molecule has 44 heavy (non-hydrogen) atoms. The van der Waals surface area contributed by atoms with E-state index < -0.39 is 0 Å². The number of hydrogen-bond donors (Lipinski definition) is 0. The fourth-order valence-electron chi connectivity index (χ4n) is 10.6. The quantitative estimate of drug-likeness (QED) is 0.166. The van der Waals surface area contributed by atoms with Crippen LogP contribution in [0.15, 0.2) is 109 Å². The van der Waals surface area contributed by atoms with E-state index in [1.165, 1.54) is 140 Å². The van der Waals surface area contributed by atoms with Crippen LogP contribution in [0, 0.1) is 0 Å². The van der Waals surface area contributed by atoms with E-state index in [1.54, 1.807) is 0 Å². The summed E-state index contributed by atoms with van der Waals surface area (Å²) in [5, 5.41) is 37.4. The molecule has 0 aliphatic carbocycles. The van der Waals surface area contributed by atoms with Crippen LogP contribution in [-0.4, -0.2) is 0 Å². The maximum absolute atomic E-state index is 2.53. The van der Waals surface area contributed by atoms with Gasteiger partial charge in [-0.2, -0.15) is 0 Å². The van der Waals surface area contributed by atoms with Gasteiger partial charge in [0.15, 0.2) is 0 Å². The zero-order valence-corrected chi connectivity index (χ0v) is 23.4. The lowest BCUT2D eigenvalue weighted by molar-refractivity contribution is 1.85. The molecule has 0 atom stereocenters. The molecule has 0 aliphatic heterocycles. The molecule has 0 aliphatic rings. The number of benzene rings is 9. The van der Waals surface area contributed by atoms with Gasteiger partial charge in [-0.1, -0.05) is 97.1 Å². The smallest absolute Gasteiger partial charge is 0.00000188 e. The number of fused-ring (bicyclic) bond motifs is 15. The average Bonchev–Trinajstić information content (AvgIpc) is 3.85. The van der Waals surface area contributed by atoms with Crippen molar-refractivity contribution in [3.05, 3.63) is 109 Å². The van der Waals surface area contributed by atoms with Gasteiger partial charge in [-0.25, -0.2) is 0 Å². The number of hydrogen-bond acceptors (Lipinski definition) is 0. The molecule has 0 N–H and O–H groups in total. The van der Waals surface area contributed by atoms with Crippen LogP contribution in [0.3, 0.4) is 0 Å². The Labute approximate surface area is 248 Å². The van der Waals surface area contributed by atoms with Gasteiger partial charge in [-0.3, -0.25) is 0 Å². The van der Waals surface area contributed by atoms with Gasteiger partial charge < -0.3 is 0 Å². The monoisotopic (exact) mass is 546 g/mol. The Hall–Kier alpha value is -5.72. The first-order chi connectivity index (χ1) is 21.9. The summed E-state index contributed by atoms with van der Waals surface area (Å²) >= 11 is 0. The first-order valence-electron chi connectivity index (χ1n) is 15.7. The Morgan fingerprint density at radius 3 is 0.773 bits per heavy atom. The first kappa shape index (κ1) is 20.2. The zero-order valence-electron chi connectivity index (χ0n) is 23.4. The van der Waals surface area contributed by atoms with Crippen molar-refractivity contribution in [3.8, 4) is 0 Å². The Morgan fingerprint density at radius 1 is 0.182 bits per heavy atom. The third kappa shape index (κ3) is 1.71.